The summed E-state index contributed by atoms with van der Waals surface area (Å²) in [6, 6.07) is 19.9. The normalized spacial score (nSPS) is 20.1. The Kier molecular flexibility index (Phi) is 6.18. The molecule has 6 heteroatoms. The van der Waals surface area contributed by atoms with Gasteiger partial charge in [0.15, 0.2) is 0 Å². The fraction of sp³-hybridized carbons (Fsp3) is 0.407. The Morgan fingerprint density at radius 1 is 1.06 bits per heavy atom. The number of amides is 2. The van der Waals surface area contributed by atoms with Crippen molar-refractivity contribution in [3.63, 3.8) is 0 Å². The second-order valence-corrected chi connectivity index (χ2v) is 9.42. The van der Waals surface area contributed by atoms with Crippen molar-refractivity contribution in [1.82, 2.24) is 15.2 Å². The number of hydrogen-bond donors (Lipinski definition) is 2. The molecule has 3 aromatic rings. The van der Waals surface area contributed by atoms with Crippen LogP contribution in [0.3, 0.4) is 0 Å². The van der Waals surface area contributed by atoms with Crippen molar-refractivity contribution in [2.24, 2.45) is 5.92 Å². The number of fused-ring (bicyclic) bond motifs is 1. The predicted octanol–water partition coefficient (Wildman–Crippen LogP) is 4.28. The second-order valence-electron chi connectivity index (χ2n) is 9.42. The molecule has 0 bridgehead atoms. The van der Waals surface area contributed by atoms with Gasteiger partial charge in [0.25, 0.3) is 5.91 Å². The molecule has 2 aromatic carbocycles. The van der Waals surface area contributed by atoms with Gasteiger partial charge in [-0.1, -0.05) is 48.5 Å². The number of para-hydroxylation sites is 1. The summed E-state index contributed by atoms with van der Waals surface area (Å²) < 4.78 is 6.25. The predicted molar refractivity (Wildman–Crippen MR) is 128 cm³/mol. The maximum absolute atomic E-state index is 13.0. The van der Waals surface area contributed by atoms with E-state index in [1.165, 1.54) is 0 Å². The van der Waals surface area contributed by atoms with Gasteiger partial charge in [-0.3, -0.25) is 9.59 Å². The summed E-state index contributed by atoms with van der Waals surface area (Å²) in [5, 5.41) is 4.11. The Morgan fingerprint density at radius 2 is 1.82 bits per heavy atom. The Labute approximate surface area is 194 Å². The minimum absolute atomic E-state index is 0.0497. The SMILES string of the molecule is O=C(CC1CCOC2(CCN(C(=O)c3cc4ccccc4[nH]3)CC2)C1)NCc1ccccc1. The molecule has 1 aromatic heterocycles. The summed E-state index contributed by atoms with van der Waals surface area (Å²) in [6.07, 6.45) is 3.98. The molecule has 2 aliphatic rings. The van der Waals surface area contributed by atoms with E-state index < -0.39 is 0 Å². The molecule has 1 spiro atoms. The number of likely N-dealkylation sites (tertiary alicyclic amines) is 1. The highest BCUT2D eigenvalue weighted by Gasteiger charge is 2.41. The summed E-state index contributed by atoms with van der Waals surface area (Å²) in [4.78, 5) is 30.7. The van der Waals surface area contributed by atoms with E-state index in [-0.39, 0.29) is 17.4 Å². The van der Waals surface area contributed by atoms with Crippen LogP contribution < -0.4 is 5.32 Å². The molecule has 1 atom stereocenters. The summed E-state index contributed by atoms with van der Waals surface area (Å²) >= 11 is 0. The maximum Gasteiger partial charge on any atom is 0.270 e. The number of aromatic amines is 1. The zero-order valence-electron chi connectivity index (χ0n) is 18.9. The number of carbonyl (C=O) groups is 2. The molecule has 0 radical (unpaired) electrons. The van der Waals surface area contributed by atoms with Gasteiger partial charge in [-0.2, -0.15) is 0 Å². The molecule has 6 nitrogen and oxygen atoms in total. The van der Waals surface area contributed by atoms with Gasteiger partial charge in [-0.15, -0.1) is 0 Å². The van der Waals surface area contributed by atoms with E-state index in [1.807, 2.05) is 65.6 Å². The molecule has 2 aliphatic heterocycles. The third-order valence-corrected chi connectivity index (χ3v) is 7.12. The molecule has 2 saturated heterocycles. The number of ether oxygens (including phenoxy) is 1. The topological polar surface area (TPSA) is 74.4 Å². The zero-order valence-corrected chi connectivity index (χ0v) is 18.9. The van der Waals surface area contributed by atoms with Crippen LogP contribution in [0.5, 0.6) is 0 Å². The number of benzene rings is 2. The van der Waals surface area contributed by atoms with Gasteiger partial charge in [0.2, 0.25) is 5.91 Å². The third-order valence-electron chi connectivity index (χ3n) is 7.12. The number of rotatable bonds is 5. The van der Waals surface area contributed by atoms with Crippen molar-refractivity contribution >= 4 is 22.7 Å². The van der Waals surface area contributed by atoms with Crippen molar-refractivity contribution < 1.29 is 14.3 Å². The van der Waals surface area contributed by atoms with Gasteiger partial charge >= 0.3 is 0 Å². The lowest BCUT2D eigenvalue weighted by atomic mass is 9.78. The largest absolute Gasteiger partial charge is 0.375 e. The average Bonchev–Trinajstić information content (AvgIpc) is 3.28. The van der Waals surface area contributed by atoms with Crippen LogP contribution in [0, 0.1) is 5.92 Å². The lowest BCUT2D eigenvalue weighted by molar-refractivity contribution is -0.134. The summed E-state index contributed by atoms with van der Waals surface area (Å²) in [7, 11) is 0. The first-order valence-corrected chi connectivity index (χ1v) is 11.9. The van der Waals surface area contributed by atoms with Crippen LogP contribution in [0.4, 0.5) is 0 Å². The van der Waals surface area contributed by atoms with Crippen LogP contribution in [0.25, 0.3) is 10.9 Å². The van der Waals surface area contributed by atoms with E-state index in [1.54, 1.807) is 0 Å². The monoisotopic (exact) mass is 445 g/mol. The lowest BCUT2D eigenvalue weighted by Gasteiger charge is -2.46. The van der Waals surface area contributed by atoms with Crippen LogP contribution in [0.15, 0.2) is 60.7 Å². The number of hydrogen-bond acceptors (Lipinski definition) is 3. The van der Waals surface area contributed by atoms with Gasteiger partial charge < -0.3 is 19.9 Å². The highest BCUT2D eigenvalue weighted by Crippen LogP contribution is 2.39. The lowest BCUT2D eigenvalue weighted by Crippen LogP contribution is -2.51. The summed E-state index contributed by atoms with van der Waals surface area (Å²) in [6.45, 7) is 2.62. The Bertz CT molecular complexity index is 1080. The summed E-state index contributed by atoms with van der Waals surface area (Å²) in [5.41, 5.74) is 2.53. The molecule has 2 N–H and O–H groups in total. The standard InChI is InChI=1S/C27H31N3O3/c31-25(28-19-20-6-2-1-3-7-20)16-21-10-15-33-27(18-21)11-13-30(14-12-27)26(32)24-17-22-8-4-5-9-23(22)29-24/h1-9,17,21,29H,10-16,18-19H2,(H,28,31). The molecule has 33 heavy (non-hydrogen) atoms. The molecule has 2 fully saturated rings. The number of nitrogens with zero attached hydrogens (tertiary/aromatic N) is 1. The quantitative estimate of drug-likeness (QED) is 0.616. The van der Waals surface area contributed by atoms with Crippen LogP contribution in [0.2, 0.25) is 0 Å². The van der Waals surface area contributed by atoms with Crippen LogP contribution in [-0.2, 0) is 16.1 Å². The number of aromatic nitrogens is 1. The average molecular weight is 446 g/mol. The fourth-order valence-electron chi connectivity index (χ4n) is 5.26. The first kappa shape index (κ1) is 21.7. The van der Waals surface area contributed by atoms with Crippen LogP contribution in [-0.4, -0.2) is 47.0 Å². The van der Waals surface area contributed by atoms with E-state index in [9.17, 15) is 9.59 Å². The van der Waals surface area contributed by atoms with E-state index in [4.69, 9.17) is 4.74 Å². The fourth-order valence-corrected chi connectivity index (χ4v) is 5.26. The molecule has 5 rings (SSSR count). The smallest absolute Gasteiger partial charge is 0.270 e. The number of H-pyrrole nitrogens is 1. The first-order chi connectivity index (χ1) is 16.1. The van der Waals surface area contributed by atoms with Crippen LogP contribution >= 0.6 is 0 Å². The Balaban J connectivity index is 1.14. The van der Waals surface area contributed by atoms with Crippen molar-refractivity contribution in [2.75, 3.05) is 19.7 Å². The molecular formula is C27H31N3O3. The van der Waals surface area contributed by atoms with Gasteiger partial charge in [0, 0.05) is 43.6 Å². The van der Waals surface area contributed by atoms with Crippen LogP contribution in [0.1, 0.15) is 48.2 Å². The molecule has 2 amide bonds. The minimum Gasteiger partial charge on any atom is -0.375 e. The Morgan fingerprint density at radius 3 is 2.61 bits per heavy atom. The number of carbonyl (C=O) groups excluding carboxylic acids is 2. The summed E-state index contributed by atoms with van der Waals surface area (Å²) in [5.74, 6) is 0.478. The van der Waals surface area contributed by atoms with E-state index >= 15 is 0 Å². The van der Waals surface area contributed by atoms with Crippen molar-refractivity contribution in [3.8, 4) is 0 Å². The molecule has 1 unspecified atom stereocenters. The van der Waals surface area contributed by atoms with Crippen molar-refractivity contribution in [1.29, 1.82) is 0 Å². The van der Waals surface area contributed by atoms with E-state index in [0.717, 1.165) is 42.1 Å². The van der Waals surface area contributed by atoms with Gasteiger partial charge in [-0.05, 0) is 49.3 Å². The number of nitrogens with one attached hydrogen (secondary N) is 2. The third kappa shape index (κ3) is 4.96. The van der Waals surface area contributed by atoms with Gasteiger partial charge in [-0.25, -0.2) is 0 Å². The minimum atomic E-state index is -0.208. The van der Waals surface area contributed by atoms with Crippen molar-refractivity contribution in [3.05, 3.63) is 71.9 Å². The number of piperidine rings is 1. The van der Waals surface area contributed by atoms with Gasteiger partial charge in [0.05, 0.1) is 5.60 Å². The van der Waals surface area contributed by atoms with E-state index in [2.05, 4.69) is 10.3 Å². The zero-order chi connectivity index (χ0) is 22.7. The highest BCUT2D eigenvalue weighted by molar-refractivity contribution is 5.98. The first-order valence-electron chi connectivity index (χ1n) is 11.9. The van der Waals surface area contributed by atoms with Gasteiger partial charge in [0.1, 0.15) is 5.69 Å². The molecule has 0 saturated carbocycles. The van der Waals surface area contributed by atoms with Crippen molar-refractivity contribution in [2.45, 2.75) is 44.2 Å². The van der Waals surface area contributed by atoms with E-state index in [0.29, 0.717) is 44.3 Å². The molecule has 3 heterocycles. The maximum atomic E-state index is 13.0. The second kappa shape index (κ2) is 9.40. The Hall–Kier alpha value is -3.12. The molecule has 0 aliphatic carbocycles. The molecule has 172 valence electrons. The molecular weight excluding hydrogens is 414 g/mol. The highest BCUT2D eigenvalue weighted by atomic mass is 16.5.